The van der Waals surface area contributed by atoms with Crippen LogP contribution in [0.5, 0.6) is 11.5 Å². The molecule has 2 rings (SSSR count). The molecule has 1 aromatic carbocycles. The van der Waals surface area contributed by atoms with Gasteiger partial charge < -0.3 is 19.9 Å². The van der Waals surface area contributed by atoms with Crippen LogP contribution in [0.4, 0.5) is 0 Å². The minimum absolute atomic E-state index is 0.109. The lowest BCUT2D eigenvalue weighted by Crippen LogP contribution is -2.33. The Bertz CT molecular complexity index is 771. The number of aromatic nitrogens is 2. The summed E-state index contributed by atoms with van der Waals surface area (Å²) >= 11 is 0. The number of nitrogens with one attached hydrogen (secondary N) is 1. The van der Waals surface area contributed by atoms with Crippen molar-refractivity contribution in [3.63, 3.8) is 0 Å². The fourth-order valence-electron chi connectivity index (χ4n) is 2.38. The lowest BCUT2D eigenvalue weighted by molar-refractivity contribution is -0.124. The summed E-state index contributed by atoms with van der Waals surface area (Å²) < 4.78 is 11.9. The zero-order valence-corrected chi connectivity index (χ0v) is 14.5. The number of carboxylic acid groups (broad SMARTS) is 1. The van der Waals surface area contributed by atoms with Crippen LogP contribution >= 0.6 is 0 Å². The maximum Gasteiger partial charge on any atom is 0.356 e. The van der Waals surface area contributed by atoms with E-state index in [-0.39, 0.29) is 17.6 Å². The lowest BCUT2D eigenvalue weighted by atomic mass is 10.1. The molecule has 0 aliphatic rings. The predicted molar refractivity (Wildman–Crippen MR) is 90.0 cm³/mol. The number of ether oxygens (including phenoxy) is 2. The van der Waals surface area contributed by atoms with E-state index in [0.717, 1.165) is 5.56 Å². The van der Waals surface area contributed by atoms with Gasteiger partial charge in [0.1, 0.15) is 17.5 Å². The zero-order valence-electron chi connectivity index (χ0n) is 14.5. The van der Waals surface area contributed by atoms with Gasteiger partial charge >= 0.3 is 5.97 Å². The first kappa shape index (κ1) is 18.3. The molecule has 134 valence electrons. The molecule has 1 aromatic heterocycles. The van der Waals surface area contributed by atoms with Crippen molar-refractivity contribution in [1.29, 1.82) is 0 Å². The smallest absolute Gasteiger partial charge is 0.356 e. The fraction of sp³-hybridized carbons (Fsp3) is 0.353. The van der Waals surface area contributed by atoms with Gasteiger partial charge in [-0.05, 0) is 38.1 Å². The summed E-state index contributed by atoms with van der Waals surface area (Å²) in [5, 5.41) is 15.7. The Balaban J connectivity index is 2.14. The highest BCUT2D eigenvalue weighted by molar-refractivity contribution is 5.85. The van der Waals surface area contributed by atoms with Crippen molar-refractivity contribution in [3.05, 3.63) is 41.7 Å². The molecule has 2 atom stereocenters. The largest absolute Gasteiger partial charge is 0.497 e. The molecule has 25 heavy (non-hydrogen) atoms. The molecular formula is C17H21N3O5. The standard InChI is InChI=1S/C17H21N3O5/c1-10(13-9-12(24-3)5-6-15(13)25-4)18-16(21)11(2)20-8-7-14(19-20)17(22)23/h5-11H,1-4H3,(H,18,21)(H,22,23). The van der Waals surface area contributed by atoms with E-state index < -0.39 is 12.0 Å². The molecule has 0 aliphatic heterocycles. The van der Waals surface area contributed by atoms with Crippen LogP contribution in [0.25, 0.3) is 0 Å². The Morgan fingerprint density at radius 3 is 2.48 bits per heavy atom. The molecular weight excluding hydrogens is 326 g/mol. The second-order valence-corrected chi connectivity index (χ2v) is 5.50. The molecule has 0 spiro atoms. The molecule has 8 heteroatoms. The quantitative estimate of drug-likeness (QED) is 0.794. The van der Waals surface area contributed by atoms with Gasteiger partial charge in [0.25, 0.3) is 0 Å². The Morgan fingerprint density at radius 1 is 1.20 bits per heavy atom. The molecule has 1 amide bonds. The van der Waals surface area contributed by atoms with Gasteiger partial charge in [-0.15, -0.1) is 0 Å². The van der Waals surface area contributed by atoms with E-state index in [1.807, 2.05) is 6.92 Å². The van der Waals surface area contributed by atoms with E-state index in [1.165, 1.54) is 16.9 Å². The van der Waals surface area contributed by atoms with Gasteiger partial charge in [-0.2, -0.15) is 5.10 Å². The number of carbonyl (C=O) groups is 2. The van der Waals surface area contributed by atoms with Gasteiger partial charge in [-0.3, -0.25) is 9.48 Å². The van der Waals surface area contributed by atoms with Gasteiger partial charge in [-0.25, -0.2) is 4.79 Å². The number of methoxy groups -OCH3 is 2. The number of carbonyl (C=O) groups excluding carboxylic acids is 1. The molecule has 1 heterocycles. The normalized spacial score (nSPS) is 13.0. The summed E-state index contributed by atoms with van der Waals surface area (Å²) in [5.41, 5.74) is 0.663. The number of hydrogen-bond acceptors (Lipinski definition) is 5. The van der Waals surface area contributed by atoms with Crippen molar-refractivity contribution in [2.24, 2.45) is 0 Å². The molecule has 2 unspecified atom stereocenters. The van der Waals surface area contributed by atoms with Gasteiger partial charge in [0, 0.05) is 11.8 Å². The molecule has 2 N–H and O–H groups in total. The number of rotatable bonds is 7. The number of nitrogens with zero attached hydrogens (tertiary/aromatic N) is 2. The summed E-state index contributed by atoms with van der Waals surface area (Å²) in [4.78, 5) is 23.4. The first-order chi connectivity index (χ1) is 11.9. The van der Waals surface area contributed by atoms with Crippen LogP contribution in [-0.4, -0.2) is 41.0 Å². The highest BCUT2D eigenvalue weighted by atomic mass is 16.5. The van der Waals surface area contributed by atoms with E-state index in [1.54, 1.807) is 39.3 Å². The van der Waals surface area contributed by atoms with Crippen LogP contribution in [0, 0.1) is 0 Å². The summed E-state index contributed by atoms with van der Waals surface area (Å²) in [6, 6.07) is 5.69. The fourth-order valence-corrected chi connectivity index (χ4v) is 2.38. The highest BCUT2D eigenvalue weighted by Gasteiger charge is 2.21. The van der Waals surface area contributed by atoms with Crippen LogP contribution < -0.4 is 14.8 Å². The van der Waals surface area contributed by atoms with E-state index in [9.17, 15) is 9.59 Å². The second kappa shape index (κ2) is 7.69. The molecule has 0 fully saturated rings. The van der Waals surface area contributed by atoms with Gasteiger partial charge in [0.15, 0.2) is 5.69 Å². The van der Waals surface area contributed by atoms with Crippen LogP contribution in [0.15, 0.2) is 30.5 Å². The minimum atomic E-state index is -1.14. The Labute approximate surface area is 145 Å². The number of aromatic carboxylic acids is 1. The highest BCUT2D eigenvalue weighted by Crippen LogP contribution is 2.29. The molecule has 0 saturated heterocycles. The summed E-state index contributed by atoms with van der Waals surface area (Å²) in [6.45, 7) is 3.47. The summed E-state index contributed by atoms with van der Waals surface area (Å²) in [7, 11) is 3.12. The lowest BCUT2D eigenvalue weighted by Gasteiger charge is -2.20. The first-order valence-corrected chi connectivity index (χ1v) is 7.68. The molecule has 0 bridgehead atoms. The maximum atomic E-state index is 12.5. The summed E-state index contributed by atoms with van der Waals surface area (Å²) in [6.07, 6.45) is 1.46. The Morgan fingerprint density at radius 2 is 1.92 bits per heavy atom. The van der Waals surface area contributed by atoms with E-state index in [0.29, 0.717) is 11.5 Å². The topological polar surface area (TPSA) is 103 Å². The molecule has 0 radical (unpaired) electrons. The van der Waals surface area contributed by atoms with E-state index in [2.05, 4.69) is 10.4 Å². The predicted octanol–water partition coefficient (Wildman–Crippen LogP) is 2.04. The second-order valence-electron chi connectivity index (χ2n) is 5.50. The number of amides is 1. The maximum absolute atomic E-state index is 12.5. The SMILES string of the molecule is COc1ccc(OC)c(C(C)NC(=O)C(C)n2ccc(C(=O)O)n2)c1. The van der Waals surface area contributed by atoms with Crippen molar-refractivity contribution in [2.75, 3.05) is 14.2 Å². The van der Waals surface area contributed by atoms with Crippen molar-refractivity contribution < 1.29 is 24.2 Å². The average Bonchev–Trinajstić information content (AvgIpc) is 3.10. The van der Waals surface area contributed by atoms with Gasteiger partial charge in [0.2, 0.25) is 5.91 Å². The Kier molecular flexibility index (Phi) is 5.63. The van der Waals surface area contributed by atoms with Crippen molar-refractivity contribution in [2.45, 2.75) is 25.9 Å². The van der Waals surface area contributed by atoms with Crippen molar-refractivity contribution in [1.82, 2.24) is 15.1 Å². The van der Waals surface area contributed by atoms with Gasteiger partial charge in [-0.1, -0.05) is 0 Å². The van der Waals surface area contributed by atoms with Crippen molar-refractivity contribution in [3.8, 4) is 11.5 Å². The third kappa shape index (κ3) is 4.09. The molecule has 0 saturated carbocycles. The van der Waals surface area contributed by atoms with E-state index >= 15 is 0 Å². The average molecular weight is 347 g/mol. The number of hydrogen-bond donors (Lipinski definition) is 2. The zero-order chi connectivity index (χ0) is 18.6. The molecule has 8 nitrogen and oxygen atoms in total. The van der Waals surface area contributed by atoms with Crippen LogP contribution in [-0.2, 0) is 4.79 Å². The van der Waals surface area contributed by atoms with E-state index in [4.69, 9.17) is 14.6 Å². The monoisotopic (exact) mass is 347 g/mol. The van der Waals surface area contributed by atoms with Crippen LogP contribution in [0.1, 0.15) is 42.0 Å². The third-order valence-electron chi connectivity index (χ3n) is 3.87. The molecule has 2 aromatic rings. The molecule has 0 aliphatic carbocycles. The van der Waals surface area contributed by atoms with Crippen molar-refractivity contribution >= 4 is 11.9 Å². The minimum Gasteiger partial charge on any atom is -0.497 e. The van der Waals surface area contributed by atoms with Gasteiger partial charge in [0.05, 0.1) is 20.3 Å². The van der Waals surface area contributed by atoms with Crippen LogP contribution in [0.3, 0.4) is 0 Å². The number of carboxylic acids is 1. The number of benzene rings is 1. The first-order valence-electron chi connectivity index (χ1n) is 7.68. The summed E-state index contributed by atoms with van der Waals surface area (Å²) in [5.74, 6) is -0.144. The Hall–Kier alpha value is -3.03. The van der Waals surface area contributed by atoms with Crippen LogP contribution in [0.2, 0.25) is 0 Å². The third-order valence-corrected chi connectivity index (χ3v) is 3.87.